The summed E-state index contributed by atoms with van der Waals surface area (Å²) in [7, 11) is 0. The number of nitrogen functional groups attached to an aromatic ring is 1. The average Bonchev–Trinajstić information content (AvgIpc) is 2.75. The van der Waals surface area contributed by atoms with E-state index in [9.17, 15) is 9.50 Å². The van der Waals surface area contributed by atoms with Crippen LogP contribution in [-0.4, -0.2) is 28.2 Å². The Morgan fingerprint density at radius 3 is 3.00 bits per heavy atom. The third kappa shape index (κ3) is 2.26. The number of anilines is 3. The molecule has 0 amide bonds. The van der Waals surface area contributed by atoms with E-state index in [0.717, 1.165) is 21.9 Å². The smallest absolute Gasteiger partial charge is 0.222 e. The van der Waals surface area contributed by atoms with Crippen LogP contribution >= 0.6 is 15.9 Å². The summed E-state index contributed by atoms with van der Waals surface area (Å²) >= 11 is 3.42. The fourth-order valence-corrected chi connectivity index (χ4v) is 2.99. The molecule has 5 nitrogen and oxygen atoms in total. The van der Waals surface area contributed by atoms with Gasteiger partial charge in [0, 0.05) is 22.1 Å². The van der Waals surface area contributed by atoms with Crippen LogP contribution in [0.3, 0.4) is 0 Å². The highest BCUT2D eigenvalue weighted by molar-refractivity contribution is 9.10. The molecule has 0 fully saturated rings. The van der Waals surface area contributed by atoms with Gasteiger partial charge in [-0.3, -0.25) is 0 Å². The van der Waals surface area contributed by atoms with Crippen molar-refractivity contribution in [2.24, 2.45) is 0 Å². The van der Waals surface area contributed by atoms with Crippen molar-refractivity contribution in [1.29, 1.82) is 0 Å². The second-order valence-corrected chi connectivity index (χ2v) is 6.28. The van der Waals surface area contributed by atoms with Crippen molar-refractivity contribution in [1.82, 2.24) is 9.97 Å². The van der Waals surface area contributed by atoms with Crippen LogP contribution in [0, 0.1) is 5.82 Å². The third-order valence-electron chi connectivity index (χ3n) is 3.76. The second-order valence-electron chi connectivity index (χ2n) is 5.37. The van der Waals surface area contributed by atoms with Crippen LogP contribution in [0.5, 0.6) is 0 Å². The highest BCUT2D eigenvalue weighted by atomic mass is 79.9. The standard InChI is InChI=1S/C14H14BrFN4O/c1-14(7-21)6-20(11-4-8(15)2-3-9(11)14)12-10(16)5-18-13(17)19-12/h2-5,21H,6-7H2,1H3,(H2,17,18,19). The number of rotatable bonds is 2. The van der Waals surface area contributed by atoms with E-state index in [1.54, 1.807) is 4.90 Å². The quantitative estimate of drug-likeness (QED) is 0.867. The molecule has 1 aliphatic rings. The van der Waals surface area contributed by atoms with E-state index in [-0.39, 0.29) is 18.4 Å². The summed E-state index contributed by atoms with van der Waals surface area (Å²) in [4.78, 5) is 9.38. The lowest BCUT2D eigenvalue weighted by atomic mass is 9.86. The number of nitrogens with zero attached hydrogens (tertiary/aromatic N) is 3. The first-order valence-corrected chi connectivity index (χ1v) is 7.20. The molecule has 2 aromatic rings. The van der Waals surface area contributed by atoms with Gasteiger partial charge in [0.25, 0.3) is 0 Å². The van der Waals surface area contributed by atoms with E-state index in [2.05, 4.69) is 25.9 Å². The van der Waals surface area contributed by atoms with Gasteiger partial charge in [0.05, 0.1) is 12.8 Å². The molecule has 1 atom stereocenters. The maximum Gasteiger partial charge on any atom is 0.222 e. The summed E-state index contributed by atoms with van der Waals surface area (Å²) in [5.74, 6) is -0.406. The predicted octanol–water partition coefficient (Wildman–Crippen LogP) is 2.36. The molecule has 110 valence electrons. The van der Waals surface area contributed by atoms with Gasteiger partial charge in [-0.2, -0.15) is 4.98 Å². The van der Waals surface area contributed by atoms with E-state index in [1.807, 2.05) is 25.1 Å². The first kappa shape index (κ1) is 14.2. The van der Waals surface area contributed by atoms with Crippen LogP contribution in [0.25, 0.3) is 0 Å². The molecule has 21 heavy (non-hydrogen) atoms. The molecule has 7 heteroatoms. The number of benzene rings is 1. The summed E-state index contributed by atoms with van der Waals surface area (Å²) in [6.45, 7) is 2.31. The number of aliphatic hydroxyl groups is 1. The molecule has 1 aromatic carbocycles. The molecule has 0 radical (unpaired) electrons. The van der Waals surface area contributed by atoms with Gasteiger partial charge in [0.15, 0.2) is 11.6 Å². The topological polar surface area (TPSA) is 75.3 Å². The van der Waals surface area contributed by atoms with E-state index in [0.29, 0.717) is 6.54 Å². The Kier molecular flexibility index (Phi) is 3.33. The highest BCUT2D eigenvalue weighted by Gasteiger charge is 2.40. The average molecular weight is 353 g/mol. The number of hydrogen-bond acceptors (Lipinski definition) is 5. The minimum atomic E-state index is -0.544. The summed E-state index contributed by atoms with van der Waals surface area (Å²) in [6, 6.07) is 5.72. The van der Waals surface area contributed by atoms with Crippen LogP contribution in [0.1, 0.15) is 12.5 Å². The molecule has 0 saturated heterocycles. The summed E-state index contributed by atoms with van der Waals surface area (Å²) in [5.41, 5.74) is 6.84. The third-order valence-corrected chi connectivity index (χ3v) is 4.25. The van der Waals surface area contributed by atoms with E-state index >= 15 is 0 Å². The summed E-state index contributed by atoms with van der Waals surface area (Å²) < 4.78 is 14.9. The minimum absolute atomic E-state index is 0.0144. The van der Waals surface area contributed by atoms with Crippen molar-refractivity contribution < 1.29 is 9.50 Å². The molecule has 1 aromatic heterocycles. The molecule has 3 rings (SSSR count). The highest BCUT2D eigenvalue weighted by Crippen LogP contribution is 2.45. The van der Waals surface area contributed by atoms with Gasteiger partial charge < -0.3 is 15.7 Å². The van der Waals surface area contributed by atoms with Crippen molar-refractivity contribution in [2.45, 2.75) is 12.3 Å². The van der Waals surface area contributed by atoms with E-state index < -0.39 is 11.2 Å². The first-order chi connectivity index (χ1) is 9.94. The number of fused-ring (bicyclic) bond motifs is 1. The van der Waals surface area contributed by atoms with E-state index in [4.69, 9.17) is 5.73 Å². The fraction of sp³-hybridized carbons (Fsp3) is 0.286. The predicted molar refractivity (Wildman–Crippen MR) is 82.0 cm³/mol. The van der Waals surface area contributed by atoms with Crippen LogP contribution in [0.2, 0.25) is 0 Å². The van der Waals surface area contributed by atoms with Gasteiger partial charge in [-0.25, -0.2) is 9.37 Å². The van der Waals surface area contributed by atoms with Crippen molar-refractivity contribution in [3.8, 4) is 0 Å². The molecule has 1 unspecified atom stereocenters. The zero-order valence-electron chi connectivity index (χ0n) is 11.3. The largest absolute Gasteiger partial charge is 0.395 e. The molecule has 0 bridgehead atoms. The van der Waals surface area contributed by atoms with Gasteiger partial charge in [0.2, 0.25) is 5.95 Å². The van der Waals surface area contributed by atoms with Crippen molar-refractivity contribution in [3.05, 3.63) is 40.2 Å². The summed E-state index contributed by atoms with van der Waals surface area (Å²) in [5, 5.41) is 9.74. The first-order valence-electron chi connectivity index (χ1n) is 6.41. The minimum Gasteiger partial charge on any atom is -0.395 e. The lowest BCUT2D eigenvalue weighted by molar-refractivity contribution is 0.216. The number of halogens is 2. The Morgan fingerprint density at radius 2 is 2.29 bits per heavy atom. The van der Waals surface area contributed by atoms with Crippen molar-refractivity contribution in [2.75, 3.05) is 23.8 Å². The summed E-state index contributed by atoms with van der Waals surface area (Å²) in [6.07, 6.45) is 1.06. The molecule has 0 spiro atoms. The zero-order chi connectivity index (χ0) is 15.2. The van der Waals surface area contributed by atoms with Gasteiger partial charge in [-0.05, 0) is 17.7 Å². The molecule has 3 N–H and O–H groups in total. The van der Waals surface area contributed by atoms with Crippen LogP contribution in [-0.2, 0) is 5.41 Å². The molecular weight excluding hydrogens is 339 g/mol. The zero-order valence-corrected chi connectivity index (χ0v) is 12.9. The van der Waals surface area contributed by atoms with Crippen LogP contribution in [0.4, 0.5) is 21.8 Å². The normalized spacial score (nSPS) is 20.7. The molecular formula is C14H14BrFN4O. The molecule has 2 heterocycles. The Morgan fingerprint density at radius 1 is 1.52 bits per heavy atom. The molecule has 0 saturated carbocycles. The van der Waals surface area contributed by atoms with Gasteiger partial charge in [-0.15, -0.1) is 0 Å². The van der Waals surface area contributed by atoms with Gasteiger partial charge in [0.1, 0.15) is 0 Å². The van der Waals surface area contributed by atoms with E-state index in [1.165, 1.54) is 0 Å². The lowest BCUT2D eigenvalue weighted by Crippen LogP contribution is -2.32. The van der Waals surface area contributed by atoms with Crippen LogP contribution < -0.4 is 10.6 Å². The monoisotopic (exact) mass is 352 g/mol. The Labute approximate surface area is 129 Å². The maximum absolute atomic E-state index is 14.1. The van der Waals surface area contributed by atoms with Gasteiger partial charge >= 0.3 is 0 Å². The lowest BCUT2D eigenvalue weighted by Gasteiger charge is -2.23. The number of hydrogen-bond donors (Lipinski definition) is 2. The molecule has 1 aliphatic heterocycles. The number of nitrogens with two attached hydrogens (primary N) is 1. The Hall–Kier alpha value is -1.73. The second kappa shape index (κ2) is 4.92. The fourth-order valence-electron chi connectivity index (χ4n) is 2.64. The van der Waals surface area contributed by atoms with Crippen LogP contribution in [0.15, 0.2) is 28.9 Å². The Balaban J connectivity index is 2.18. The van der Waals surface area contributed by atoms with Gasteiger partial charge in [-0.1, -0.05) is 28.9 Å². The number of aromatic nitrogens is 2. The maximum atomic E-state index is 14.1. The van der Waals surface area contributed by atoms with Crippen molar-refractivity contribution in [3.63, 3.8) is 0 Å². The molecule has 0 aliphatic carbocycles. The SMILES string of the molecule is CC1(CO)CN(c2nc(N)ncc2F)c2cc(Br)ccc21. The Bertz CT molecular complexity index is 711. The number of aliphatic hydroxyl groups excluding tert-OH is 1. The van der Waals surface area contributed by atoms with Crippen molar-refractivity contribution >= 4 is 33.4 Å².